The van der Waals surface area contributed by atoms with Crippen molar-refractivity contribution in [1.29, 1.82) is 0 Å². The first-order chi connectivity index (χ1) is 9.56. The minimum atomic E-state index is -0.739. The van der Waals surface area contributed by atoms with Crippen LogP contribution in [0.1, 0.15) is 28.9 Å². The van der Waals surface area contributed by atoms with E-state index in [0.29, 0.717) is 11.1 Å². The molecule has 0 aliphatic carbocycles. The van der Waals surface area contributed by atoms with Crippen LogP contribution in [0, 0.1) is 5.82 Å². The third kappa shape index (κ3) is 3.65. The van der Waals surface area contributed by atoms with Crippen LogP contribution in [0.2, 0.25) is 0 Å². The summed E-state index contributed by atoms with van der Waals surface area (Å²) in [5.41, 5.74) is 2.02. The summed E-state index contributed by atoms with van der Waals surface area (Å²) in [5, 5.41) is 13.1. The maximum absolute atomic E-state index is 12.8. The number of aliphatic hydroxyl groups excluding tert-OH is 1. The Hall–Kier alpha value is -2.20. The predicted molar refractivity (Wildman–Crippen MR) is 76.3 cm³/mol. The molecule has 4 heteroatoms. The van der Waals surface area contributed by atoms with Gasteiger partial charge in [-0.2, -0.15) is 0 Å². The first kappa shape index (κ1) is 14.2. The highest BCUT2D eigenvalue weighted by molar-refractivity contribution is 5.94. The first-order valence-corrected chi connectivity index (χ1v) is 6.34. The maximum atomic E-state index is 12.8. The van der Waals surface area contributed by atoms with Crippen molar-refractivity contribution >= 4 is 11.5 Å². The Morgan fingerprint density at radius 2 is 1.95 bits per heavy atom. The van der Waals surface area contributed by atoms with Crippen molar-refractivity contribution in [1.82, 2.24) is 0 Å². The zero-order valence-corrected chi connectivity index (χ0v) is 11.1. The second kappa shape index (κ2) is 6.30. The molecule has 0 fully saturated rings. The van der Waals surface area contributed by atoms with E-state index in [0.717, 1.165) is 5.69 Å². The van der Waals surface area contributed by atoms with Gasteiger partial charge in [-0.05, 0) is 36.8 Å². The van der Waals surface area contributed by atoms with Crippen LogP contribution in [-0.4, -0.2) is 17.4 Å². The third-order valence-corrected chi connectivity index (χ3v) is 3.02. The van der Waals surface area contributed by atoms with Gasteiger partial charge >= 0.3 is 0 Å². The highest BCUT2D eigenvalue weighted by Crippen LogP contribution is 2.16. The number of carbonyl (C=O) groups is 1. The quantitative estimate of drug-likeness (QED) is 0.823. The molecule has 0 saturated carbocycles. The topological polar surface area (TPSA) is 49.3 Å². The van der Waals surface area contributed by atoms with Gasteiger partial charge in [-0.1, -0.05) is 24.3 Å². The van der Waals surface area contributed by atoms with Crippen molar-refractivity contribution in [2.24, 2.45) is 0 Å². The van der Waals surface area contributed by atoms with E-state index in [2.05, 4.69) is 5.32 Å². The van der Waals surface area contributed by atoms with Crippen LogP contribution in [0.5, 0.6) is 0 Å². The molecule has 0 radical (unpaired) electrons. The monoisotopic (exact) mass is 273 g/mol. The molecule has 2 rings (SSSR count). The molecule has 1 atom stereocenters. The van der Waals surface area contributed by atoms with E-state index in [9.17, 15) is 14.3 Å². The summed E-state index contributed by atoms with van der Waals surface area (Å²) in [6, 6.07) is 12.8. The number of nitrogens with one attached hydrogen (secondary N) is 1. The van der Waals surface area contributed by atoms with E-state index in [-0.39, 0.29) is 18.1 Å². The summed E-state index contributed by atoms with van der Waals surface area (Å²) < 4.78 is 12.8. The van der Waals surface area contributed by atoms with Gasteiger partial charge in [0.1, 0.15) is 5.82 Å². The molecule has 0 saturated heterocycles. The Morgan fingerprint density at radius 3 is 2.60 bits per heavy atom. The minimum absolute atomic E-state index is 0.00673. The Labute approximate surface area is 117 Å². The smallest absolute Gasteiger partial charge is 0.159 e. The van der Waals surface area contributed by atoms with Crippen molar-refractivity contribution in [3.63, 3.8) is 0 Å². The van der Waals surface area contributed by atoms with Crippen LogP contribution in [0.3, 0.4) is 0 Å². The van der Waals surface area contributed by atoms with E-state index in [1.54, 1.807) is 30.3 Å². The molecule has 3 nitrogen and oxygen atoms in total. The second-order valence-electron chi connectivity index (χ2n) is 4.59. The molecule has 20 heavy (non-hydrogen) atoms. The molecule has 0 bridgehead atoms. The van der Waals surface area contributed by atoms with Crippen molar-refractivity contribution in [3.05, 3.63) is 65.5 Å². The summed E-state index contributed by atoms with van der Waals surface area (Å²) in [7, 11) is 0. The molecule has 0 spiro atoms. The van der Waals surface area contributed by atoms with Crippen molar-refractivity contribution < 1.29 is 14.3 Å². The number of carbonyl (C=O) groups excluding carboxylic acids is 1. The number of hydrogen-bond acceptors (Lipinski definition) is 3. The van der Waals surface area contributed by atoms with Crippen LogP contribution in [0.15, 0.2) is 48.5 Å². The molecule has 2 aromatic rings. The molecule has 1 unspecified atom stereocenters. The predicted octanol–water partition coefficient (Wildman–Crippen LogP) is 3.17. The molecule has 0 heterocycles. The largest absolute Gasteiger partial charge is 0.387 e. The maximum Gasteiger partial charge on any atom is 0.159 e. The number of aliphatic hydroxyl groups is 1. The van der Waals surface area contributed by atoms with E-state index < -0.39 is 6.10 Å². The fraction of sp³-hybridized carbons (Fsp3) is 0.188. The summed E-state index contributed by atoms with van der Waals surface area (Å²) in [4.78, 5) is 11.3. The first-order valence-electron chi connectivity index (χ1n) is 6.34. The number of anilines is 1. The van der Waals surface area contributed by atoms with Gasteiger partial charge in [-0.25, -0.2) is 4.39 Å². The number of hydrogen-bond donors (Lipinski definition) is 2. The fourth-order valence-corrected chi connectivity index (χ4v) is 1.87. The van der Waals surface area contributed by atoms with Crippen molar-refractivity contribution in [2.75, 3.05) is 11.9 Å². The lowest BCUT2D eigenvalue weighted by Crippen LogP contribution is -2.12. The van der Waals surface area contributed by atoms with E-state index >= 15 is 0 Å². The molecule has 0 aliphatic rings. The lowest BCUT2D eigenvalue weighted by Gasteiger charge is -2.13. The lowest BCUT2D eigenvalue weighted by atomic mass is 10.1. The Balaban J connectivity index is 1.99. The van der Waals surface area contributed by atoms with Crippen LogP contribution < -0.4 is 5.32 Å². The summed E-state index contributed by atoms with van der Waals surface area (Å²) in [5.74, 6) is -0.337. The fourth-order valence-electron chi connectivity index (χ4n) is 1.87. The zero-order valence-electron chi connectivity index (χ0n) is 11.1. The Kier molecular flexibility index (Phi) is 4.48. The standard InChI is InChI=1S/C16H16FNO2/c1-11(19)13-3-2-4-15(9-13)18-10-16(20)12-5-7-14(17)8-6-12/h2-9,16,18,20H,10H2,1H3. The Morgan fingerprint density at radius 1 is 1.25 bits per heavy atom. The number of ketones is 1. The van der Waals surface area contributed by atoms with Gasteiger partial charge in [0, 0.05) is 17.8 Å². The lowest BCUT2D eigenvalue weighted by molar-refractivity contribution is 0.101. The van der Waals surface area contributed by atoms with Gasteiger partial charge in [-0.3, -0.25) is 4.79 Å². The second-order valence-corrected chi connectivity index (χ2v) is 4.59. The van der Waals surface area contributed by atoms with Crippen LogP contribution in [0.25, 0.3) is 0 Å². The van der Waals surface area contributed by atoms with Gasteiger partial charge in [0.25, 0.3) is 0 Å². The zero-order chi connectivity index (χ0) is 14.5. The highest BCUT2D eigenvalue weighted by Gasteiger charge is 2.08. The molecule has 104 valence electrons. The van der Waals surface area contributed by atoms with Crippen molar-refractivity contribution in [3.8, 4) is 0 Å². The van der Waals surface area contributed by atoms with E-state index in [4.69, 9.17) is 0 Å². The summed E-state index contributed by atoms with van der Waals surface area (Å²) >= 11 is 0. The van der Waals surface area contributed by atoms with Crippen LogP contribution in [0.4, 0.5) is 10.1 Å². The molecule has 0 amide bonds. The molecule has 0 aromatic heterocycles. The van der Waals surface area contributed by atoms with Crippen molar-refractivity contribution in [2.45, 2.75) is 13.0 Å². The average molecular weight is 273 g/mol. The summed E-state index contributed by atoms with van der Waals surface area (Å²) in [6.07, 6.45) is -0.739. The summed E-state index contributed by atoms with van der Waals surface area (Å²) in [6.45, 7) is 1.79. The minimum Gasteiger partial charge on any atom is -0.387 e. The number of halogens is 1. The van der Waals surface area contributed by atoms with Gasteiger partial charge in [0.2, 0.25) is 0 Å². The molecular formula is C16H16FNO2. The van der Waals surface area contributed by atoms with Gasteiger partial charge < -0.3 is 10.4 Å². The third-order valence-electron chi connectivity index (χ3n) is 3.02. The number of benzene rings is 2. The molecular weight excluding hydrogens is 257 g/mol. The number of Topliss-reactive ketones (excluding diaryl/α,β-unsaturated/α-hetero) is 1. The van der Waals surface area contributed by atoms with Crippen LogP contribution in [-0.2, 0) is 0 Å². The number of rotatable bonds is 5. The van der Waals surface area contributed by atoms with Gasteiger partial charge in [-0.15, -0.1) is 0 Å². The SMILES string of the molecule is CC(=O)c1cccc(NCC(O)c2ccc(F)cc2)c1. The van der Waals surface area contributed by atoms with Crippen LogP contribution >= 0.6 is 0 Å². The normalized spacial score (nSPS) is 11.9. The Bertz CT molecular complexity index is 596. The van der Waals surface area contributed by atoms with E-state index in [1.807, 2.05) is 6.07 Å². The molecule has 2 N–H and O–H groups in total. The van der Waals surface area contributed by atoms with Gasteiger partial charge in [0.05, 0.1) is 6.10 Å². The van der Waals surface area contributed by atoms with E-state index in [1.165, 1.54) is 19.1 Å². The van der Waals surface area contributed by atoms with Gasteiger partial charge in [0.15, 0.2) is 5.78 Å². The highest BCUT2D eigenvalue weighted by atomic mass is 19.1. The average Bonchev–Trinajstić information content (AvgIpc) is 2.46. The molecule has 0 aliphatic heterocycles. The molecule has 2 aromatic carbocycles.